The molecule has 0 bridgehead atoms. The average Bonchev–Trinajstić information content (AvgIpc) is 2.41. The minimum absolute atomic E-state index is 0.240. The van der Waals surface area contributed by atoms with E-state index in [1.807, 2.05) is 6.07 Å². The molecule has 20 heavy (non-hydrogen) atoms. The van der Waals surface area contributed by atoms with Crippen molar-refractivity contribution >= 4 is 11.6 Å². The van der Waals surface area contributed by atoms with Gasteiger partial charge in [0, 0.05) is 5.69 Å². The van der Waals surface area contributed by atoms with Crippen molar-refractivity contribution in [1.29, 1.82) is 5.26 Å². The van der Waals surface area contributed by atoms with Gasteiger partial charge in [0.25, 0.3) is 0 Å². The molecule has 6 heteroatoms. The van der Waals surface area contributed by atoms with Crippen LogP contribution in [0.2, 0.25) is 0 Å². The van der Waals surface area contributed by atoms with Gasteiger partial charge >= 0.3 is 6.18 Å². The van der Waals surface area contributed by atoms with E-state index in [0.717, 1.165) is 12.1 Å². The highest BCUT2D eigenvalue weighted by atomic mass is 19.4. The first-order chi connectivity index (χ1) is 9.29. The van der Waals surface area contributed by atoms with E-state index in [4.69, 9.17) is 5.26 Å². The van der Waals surface area contributed by atoms with E-state index in [9.17, 15) is 18.0 Å². The van der Waals surface area contributed by atoms with E-state index in [0.29, 0.717) is 12.8 Å². The van der Waals surface area contributed by atoms with Crippen LogP contribution in [0.4, 0.5) is 18.9 Å². The quantitative estimate of drug-likeness (QED) is 0.909. The molecule has 0 fully saturated rings. The smallest absolute Gasteiger partial charge is 0.325 e. The highest BCUT2D eigenvalue weighted by Crippen LogP contribution is 2.31. The maximum atomic E-state index is 12.4. The Labute approximate surface area is 115 Å². The first kappa shape index (κ1) is 16.0. The number of nitriles is 1. The molecule has 0 aliphatic rings. The van der Waals surface area contributed by atoms with Gasteiger partial charge in [-0.2, -0.15) is 18.4 Å². The van der Waals surface area contributed by atoms with Crippen LogP contribution >= 0.6 is 0 Å². The zero-order valence-electron chi connectivity index (χ0n) is 11.2. The first-order valence-electron chi connectivity index (χ1n) is 6.19. The Morgan fingerprint density at radius 3 is 2.05 bits per heavy atom. The van der Waals surface area contributed by atoms with Gasteiger partial charge in [0.2, 0.25) is 5.91 Å². The first-order valence-corrected chi connectivity index (χ1v) is 6.19. The van der Waals surface area contributed by atoms with E-state index in [2.05, 4.69) is 5.32 Å². The summed E-state index contributed by atoms with van der Waals surface area (Å²) >= 11 is 0. The maximum Gasteiger partial charge on any atom is 0.416 e. The van der Waals surface area contributed by atoms with Crippen LogP contribution < -0.4 is 5.32 Å². The average molecular weight is 284 g/mol. The second kappa shape index (κ2) is 5.95. The van der Waals surface area contributed by atoms with Gasteiger partial charge in [0.05, 0.1) is 11.6 Å². The van der Waals surface area contributed by atoms with Crippen molar-refractivity contribution in [2.75, 3.05) is 5.32 Å². The standard InChI is InChI=1S/C14H15F3N2O/c1-3-13(4-2,9-18)12(20)19-11-7-5-10(6-8-11)14(15,16)17/h5-8H,3-4H2,1-2H3,(H,19,20). The van der Waals surface area contributed by atoms with Crippen molar-refractivity contribution in [1.82, 2.24) is 0 Å². The zero-order chi connectivity index (χ0) is 15.4. The number of halogens is 3. The Hall–Kier alpha value is -2.03. The van der Waals surface area contributed by atoms with Gasteiger partial charge in [-0.15, -0.1) is 0 Å². The molecule has 1 N–H and O–H groups in total. The molecule has 1 amide bonds. The summed E-state index contributed by atoms with van der Waals surface area (Å²) in [4.78, 5) is 12.1. The molecular formula is C14H15F3N2O. The monoisotopic (exact) mass is 284 g/mol. The van der Waals surface area contributed by atoms with Crippen molar-refractivity contribution in [2.24, 2.45) is 5.41 Å². The third-order valence-electron chi connectivity index (χ3n) is 3.33. The Balaban J connectivity index is 2.90. The number of hydrogen-bond donors (Lipinski definition) is 1. The van der Waals surface area contributed by atoms with Crippen molar-refractivity contribution in [3.05, 3.63) is 29.8 Å². The summed E-state index contributed by atoms with van der Waals surface area (Å²) in [5.74, 6) is -0.496. The molecule has 0 aliphatic heterocycles. The van der Waals surface area contributed by atoms with Crippen LogP contribution in [-0.2, 0) is 11.0 Å². The van der Waals surface area contributed by atoms with Crippen molar-refractivity contribution in [3.8, 4) is 6.07 Å². The Morgan fingerprint density at radius 2 is 1.70 bits per heavy atom. The summed E-state index contributed by atoms with van der Waals surface area (Å²) < 4.78 is 37.2. The highest BCUT2D eigenvalue weighted by Gasteiger charge is 2.35. The van der Waals surface area contributed by atoms with Crippen LogP contribution in [0.1, 0.15) is 32.3 Å². The molecule has 0 saturated carbocycles. The molecule has 0 aromatic heterocycles. The van der Waals surface area contributed by atoms with Gasteiger partial charge in [0.1, 0.15) is 5.41 Å². The van der Waals surface area contributed by atoms with Crippen LogP contribution in [0.25, 0.3) is 0 Å². The second-order valence-electron chi connectivity index (χ2n) is 4.43. The van der Waals surface area contributed by atoms with Gasteiger partial charge in [-0.1, -0.05) is 13.8 Å². The predicted octanol–water partition coefficient (Wildman–Crippen LogP) is 3.97. The number of amides is 1. The molecule has 0 spiro atoms. The number of alkyl halides is 3. The number of carbonyl (C=O) groups excluding carboxylic acids is 1. The van der Waals surface area contributed by atoms with Crippen LogP contribution in [0.3, 0.4) is 0 Å². The fourth-order valence-corrected chi connectivity index (χ4v) is 1.77. The minimum Gasteiger partial charge on any atom is -0.325 e. The molecule has 0 radical (unpaired) electrons. The number of nitrogens with zero attached hydrogens (tertiary/aromatic N) is 1. The number of benzene rings is 1. The lowest BCUT2D eigenvalue weighted by atomic mass is 9.83. The second-order valence-corrected chi connectivity index (χ2v) is 4.43. The highest BCUT2D eigenvalue weighted by molar-refractivity contribution is 5.97. The molecule has 3 nitrogen and oxygen atoms in total. The summed E-state index contributed by atoms with van der Waals surface area (Å²) in [5, 5.41) is 11.6. The molecule has 0 saturated heterocycles. The lowest BCUT2D eigenvalue weighted by Crippen LogP contribution is -2.33. The largest absolute Gasteiger partial charge is 0.416 e. The maximum absolute atomic E-state index is 12.4. The molecule has 0 heterocycles. The van der Waals surface area contributed by atoms with E-state index in [-0.39, 0.29) is 5.69 Å². The third-order valence-corrected chi connectivity index (χ3v) is 3.33. The molecule has 1 aromatic rings. The Kier molecular flexibility index (Phi) is 4.77. The van der Waals surface area contributed by atoms with Crippen molar-refractivity contribution in [2.45, 2.75) is 32.9 Å². The summed E-state index contributed by atoms with van der Waals surface area (Å²) in [6, 6.07) is 6.11. The predicted molar refractivity (Wildman–Crippen MR) is 68.7 cm³/mol. The molecule has 0 aliphatic carbocycles. The topological polar surface area (TPSA) is 52.9 Å². The van der Waals surface area contributed by atoms with Gasteiger partial charge in [0.15, 0.2) is 0 Å². The van der Waals surface area contributed by atoms with Crippen LogP contribution in [0.15, 0.2) is 24.3 Å². The fraction of sp³-hybridized carbons (Fsp3) is 0.429. The van der Waals surface area contributed by atoms with Gasteiger partial charge in [-0.3, -0.25) is 4.79 Å². The number of anilines is 1. The lowest BCUT2D eigenvalue weighted by Gasteiger charge is -2.22. The van der Waals surface area contributed by atoms with Gasteiger partial charge in [-0.05, 0) is 37.1 Å². The van der Waals surface area contributed by atoms with Gasteiger partial charge < -0.3 is 5.32 Å². The van der Waals surface area contributed by atoms with E-state index in [1.165, 1.54) is 12.1 Å². The van der Waals surface area contributed by atoms with Gasteiger partial charge in [-0.25, -0.2) is 0 Å². The summed E-state index contributed by atoms with van der Waals surface area (Å²) in [5.41, 5.74) is -1.69. The number of hydrogen-bond acceptors (Lipinski definition) is 2. The number of rotatable bonds is 4. The molecule has 108 valence electrons. The van der Waals surface area contributed by atoms with E-state index >= 15 is 0 Å². The lowest BCUT2D eigenvalue weighted by molar-refractivity contribution is -0.137. The van der Waals surface area contributed by atoms with Crippen LogP contribution in [0.5, 0.6) is 0 Å². The molecule has 1 aromatic carbocycles. The van der Waals surface area contributed by atoms with Crippen LogP contribution in [0, 0.1) is 16.7 Å². The molecule has 0 atom stereocenters. The molecule has 0 unspecified atom stereocenters. The zero-order valence-corrected chi connectivity index (χ0v) is 11.2. The SMILES string of the molecule is CCC(C#N)(CC)C(=O)Nc1ccc(C(F)(F)F)cc1. The molecule has 1 rings (SSSR count). The van der Waals surface area contributed by atoms with Crippen molar-refractivity contribution in [3.63, 3.8) is 0 Å². The number of carbonyl (C=O) groups is 1. The summed E-state index contributed by atoms with van der Waals surface area (Å²) in [7, 11) is 0. The number of nitrogens with one attached hydrogen (secondary N) is 1. The third kappa shape index (κ3) is 3.29. The molecular weight excluding hydrogens is 269 g/mol. The Bertz CT molecular complexity index is 511. The van der Waals surface area contributed by atoms with Crippen molar-refractivity contribution < 1.29 is 18.0 Å². The Morgan fingerprint density at radius 1 is 1.20 bits per heavy atom. The van der Waals surface area contributed by atoms with E-state index < -0.39 is 23.1 Å². The minimum atomic E-state index is -4.41. The fourth-order valence-electron chi connectivity index (χ4n) is 1.77. The van der Waals surface area contributed by atoms with E-state index in [1.54, 1.807) is 13.8 Å². The summed E-state index contributed by atoms with van der Waals surface area (Å²) in [6.07, 6.45) is -3.73. The normalized spacial score (nSPS) is 11.8. The summed E-state index contributed by atoms with van der Waals surface area (Å²) in [6.45, 7) is 3.44. The van der Waals surface area contributed by atoms with Crippen LogP contribution in [-0.4, -0.2) is 5.91 Å².